The summed E-state index contributed by atoms with van der Waals surface area (Å²) < 4.78 is 13.6. The van der Waals surface area contributed by atoms with Gasteiger partial charge in [0.15, 0.2) is 0 Å². The Bertz CT molecular complexity index is 259. The van der Waals surface area contributed by atoms with E-state index in [4.69, 9.17) is 0 Å². The summed E-state index contributed by atoms with van der Waals surface area (Å²) in [5.74, 6) is 0.539. The largest absolute Gasteiger partial charge is 0.335 e. The van der Waals surface area contributed by atoms with E-state index in [1.165, 1.54) is 19.3 Å². The first kappa shape index (κ1) is 13.6. The average molecular weight is 256 g/mol. The zero-order valence-corrected chi connectivity index (χ0v) is 11.3. The molecule has 2 aliphatic rings. The third-order valence-corrected chi connectivity index (χ3v) is 4.43. The fraction of sp³-hybridized carbons (Fsp3) is 0.929. The number of urea groups is 1. The lowest BCUT2D eigenvalue weighted by atomic mass is 9.86. The molecule has 2 rings (SSSR count). The molecule has 0 spiro atoms. The number of carbonyl (C=O) groups is 1. The summed E-state index contributed by atoms with van der Waals surface area (Å²) in [6, 6.07) is -0.193. The van der Waals surface area contributed by atoms with Crippen LogP contribution in [0, 0.1) is 5.92 Å². The van der Waals surface area contributed by atoms with Crippen LogP contribution in [-0.4, -0.2) is 24.3 Å². The average Bonchev–Trinajstić information content (AvgIpc) is 2.35. The predicted molar refractivity (Wildman–Crippen MR) is 70.2 cm³/mol. The molecule has 0 aromatic rings. The molecular weight excluding hydrogens is 231 g/mol. The maximum atomic E-state index is 13.6. The molecule has 2 fully saturated rings. The highest BCUT2D eigenvalue weighted by Gasteiger charge is 2.28. The van der Waals surface area contributed by atoms with Crippen LogP contribution in [0.2, 0.25) is 0 Å². The zero-order chi connectivity index (χ0) is 13.0. The molecule has 4 heteroatoms. The summed E-state index contributed by atoms with van der Waals surface area (Å²) in [6.07, 6.45) is 7.14. The molecule has 18 heavy (non-hydrogen) atoms. The van der Waals surface area contributed by atoms with Gasteiger partial charge < -0.3 is 10.6 Å². The fourth-order valence-corrected chi connectivity index (χ4v) is 3.16. The van der Waals surface area contributed by atoms with Gasteiger partial charge in [-0.3, -0.25) is 0 Å². The lowest BCUT2D eigenvalue weighted by Crippen LogP contribution is -2.52. The summed E-state index contributed by atoms with van der Waals surface area (Å²) in [5, 5.41) is 5.83. The molecule has 4 unspecified atom stereocenters. The molecule has 3 nitrogen and oxygen atoms in total. The van der Waals surface area contributed by atoms with Gasteiger partial charge >= 0.3 is 6.03 Å². The summed E-state index contributed by atoms with van der Waals surface area (Å²) in [7, 11) is 0. The number of alkyl halides is 1. The molecule has 0 aliphatic heterocycles. The van der Waals surface area contributed by atoms with Gasteiger partial charge in [0.1, 0.15) is 6.17 Å². The van der Waals surface area contributed by atoms with Crippen LogP contribution in [0.5, 0.6) is 0 Å². The molecule has 104 valence electrons. The maximum Gasteiger partial charge on any atom is 0.315 e. The van der Waals surface area contributed by atoms with Gasteiger partial charge in [0.05, 0.1) is 6.04 Å². The number of rotatable bonds is 2. The smallest absolute Gasteiger partial charge is 0.315 e. The quantitative estimate of drug-likeness (QED) is 0.783. The highest BCUT2D eigenvalue weighted by molar-refractivity contribution is 5.74. The van der Waals surface area contributed by atoms with E-state index in [0.29, 0.717) is 12.3 Å². The van der Waals surface area contributed by atoms with Crippen molar-refractivity contribution in [3.63, 3.8) is 0 Å². The van der Waals surface area contributed by atoms with Crippen LogP contribution in [0.3, 0.4) is 0 Å². The van der Waals surface area contributed by atoms with Crippen molar-refractivity contribution in [3.8, 4) is 0 Å². The predicted octanol–water partition coefficient (Wildman–Crippen LogP) is 3.15. The van der Waals surface area contributed by atoms with E-state index in [0.717, 1.165) is 25.7 Å². The summed E-state index contributed by atoms with van der Waals surface area (Å²) in [6.45, 7) is 2.18. The molecule has 0 radical (unpaired) electrons. The molecule has 2 aliphatic carbocycles. The Morgan fingerprint density at radius 1 is 0.944 bits per heavy atom. The third-order valence-electron chi connectivity index (χ3n) is 4.43. The Kier molecular flexibility index (Phi) is 4.84. The number of hydrogen-bond donors (Lipinski definition) is 2. The van der Waals surface area contributed by atoms with E-state index in [1.54, 1.807) is 0 Å². The van der Waals surface area contributed by atoms with E-state index >= 15 is 0 Å². The summed E-state index contributed by atoms with van der Waals surface area (Å²) in [5.41, 5.74) is 0. The molecule has 2 saturated carbocycles. The lowest BCUT2D eigenvalue weighted by molar-refractivity contribution is 0.177. The molecular formula is C14H25FN2O. The lowest BCUT2D eigenvalue weighted by Gasteiger charge is -2.31. The van der Waals surface area contributed by atoms with Gasteiger partial charge in [-0.05, 0) is 31.6 Å². The fourth-order valence-electron chi connectivity index (χ4n) is 3.16. The maximum absolute atomic E-state index is 13.6. The first-order chi connectivity index (χ1) is 8.66. The highest BCUT2D eigenvalue weighted by Crippen LogP contribution is 2.24. The second-order valence-electron chi connectivity index (χ2n) is 5.89. The SMILES string of the molecule is CC1CCCCC1NC(=O)NC1CCCCC1F. The Hall–Kier alpha value is -0.800. The minimum atomic E-state index is -0.867. The van der Waals surface area contributed by atoms with Gasteiger partial charge in [0, 0.05) is 6.04 Å². The number of amides is 2. The van der Waals surface area contributed by atoms with Gasteiger partial charge in [0.2, 0.25) is 0 Å². The van der Waals surface area contributed by atoms with Crippen molar-refractivity contribution in [2.75, 3.05) is 0 Å². The van der Waals surface area contributed by atoms with Crippen molar-refractivity contribution in [2.45, 2.75) is 76.5 Å². The van der Waals surface area contributed by atoms with Crippen molar-refractivity contribution in [2.24, 2.45) is 5.92 Å². The zero-order valence-electron chi connectivity index (χ0n) is 11.3. The van der Waals surface area contributed by atoms with Crippen LogP contribution < -0.4 is 10.6 Å². The van der Waals surface area contributed by atoms with E-state index < -0.39 is 6.17 Å². The van der Waals surface area contributed by atoms with Gasteiger partial charge in [-0.25, -0.2) is 9.18 Å². The van der Waals surface area contributed by atoms with Crippen molar-refractivity contribution in [3.05, 3.63) is 0 Å². The van der Waals surface area contributed by atoms with Crippen LogP contribution in [0.1, 0.15) is 58.3 Å². The van der Waals surface area contributed by atoms with E-state index in [2.05, 4.69) is 17.6 Å². The van der Waals surface area contributed by atoms with E-state index in [9.17, 15) is 9.18 Å². The molecule has 0 heterocycles. The third kappa shape index (κ3) is 3.59. The minimum Gasteiger partial charge on any atom is -0.335 e. The van der Waals surface area contributed by atoms with Crippen LogP contribution in [0.4, 0.5) is 9.18 Å². The normalized spacial score (nSPS) is 37.0. The Labute approximate surface area is 109 Å². The molecule has 0 aromatic carbocycles. The van der Waals surface area contributed by atoms with E-state index in [-0.39, 0.29) is 18.1 Å². The van der Waals surface area contributed by atoms with Gasteiger partial charge in [-0.1, -0.05) is 32.6 Å². The van der Waals surface area contributed by atoms with Gasteiger partial charge in [-0.2, -0.15) is 0 Å². The molecule has 2 amide bonds. The highest BCUT2D eigenvalue weighted by atomic mass is 19.1. The van der Waals surface area contributed by atoms with E-state index in [1.807, 2.05) is 0 Å². The second-order valence-corrected chi connectivity index (χ2v) is 5.89. The van der Waals surface area contributed by atoms with Crippen LogP contribution in [0.25, 0.3) is 0 Å². The van der Waals surface area contributed by atoms with Crippen LogP contribution >= 0.6 is 0 Å². The topological polar surface area (TPSA) is 41.1 Å². The molecule has 0 aromatic heterocycles. The van der Waals surface area contributed by atoms with Crippen molar-refractivity contribution >= 4 is 6.03 Å². The van der Waals surface area contributed by atoms with Crippen LogP contribution in [-0.2, 0) is 0 Å². The number of halogens is 1. The van der Waals surface area contributed by atoms with Gasteiger partial charge in [0.25, 0.3) is 0 Å². The van der Waals surface area contributed by atoms with Crippen molar-refractivity contribution in [1.29, 1.82) is 0 Å². The Morgan fingerprint density at radius 3 is 2.17 bits per heavy atom. The molecule has 0 bridgehead atoms. The monoisotopic (exact) mass is 256 g/mol. The molecule has 4 atom stereocenters. The van der Waals surface area contributed by atoms with Gasteiger partial charge in [-0.15, -0.1) is 0 Å². The Balaban J connectivity index is 1.77. The summed E-state index contributed by atoms with van der Waals surface area (Å²) in [4.78, 5) is 11.9. The number of carbonyl (C=O) groups excluding carboxylic acids is 1. The number of nitrogens with one attached hydrogen (secondary N) is 2. The summed E-state index contributed by atoms with van der Waals surface area (Å²) >= 11 is 0. The molecule has 2 N–H and O–H groups in total. The first-order valence-electron chi connectivity index (χ1n) is 7.38. The molecule has 0 saturated heterocycles. The standard InChI is InChI=1S/C14H25FN2O/c1-10-6-2-4-8-12(10)16-14(18)17-13-9-5-3-7-11(13)15/h10-13H,2-9H2,1H3,(H2,16,17,18). The number of hydrogen-bond acceptors (Lipinski definition) is 1. The van der Waals surface area contributed by atoms with Crippen molar-refractivity contribution in [1.82, 2.24) is 10.6 Å². The minimum absolute atomic E-state index is 0.178. The second kappa shape index (κ2) is 6.39. The Morgan fingerprint density at radius 2 is 1.50 bits per heavy atom. The van der Waals surface area contributed by atoms with Crippen molar-refractivity contribution < 1.29 is 9.18 Å². The first-order valence-corrected chi connectivity index (χ1v) is 7.38. The van der Waals surface area contributed by atoms with Crippen LogP contribution in [0.15, 0.2) is 0 Å².